The predicted molar refractivity (Wildman–Crippen MR) is 85.2 cm³/mol. The highest BCUT2D eigenvalue weighted by Crippen LogP contribution is 2.38. The normalized spacial score (nSPS) is 20.9. The minimum absolute atomic E-state index is 0.133. The van der Waals surface area contributed by atoms with E-state index in [0.29, 0.717) is 11.5 Å². The summed E-state index contributed by atoms with van der Waals surface area (Å²) in [6.07, 6.45) is 4.27. The second-order valence-corrected chi connectivity index (χ2v) is 6.98. The van der Waals surface area contributed by atoms with Crippen molar-refractivity contribution >= 4 is 27.9 Å². The van der Waals surface area contributed by atoms with Crippen LogP contribution in [0.1, 0.15) is 31.2 Å². The fourth-order valence-corrected chi connectivity index (χ4v) is 3.92. The average molecular weight is 381 g/mol. The molecular weight excluding hydrogens is 364 g/mol. The first kappa shape index (κ1) is 14.8. The van der Waals surface area contributed by atoms with Gasteiger partial charge in [-0.1, -0.05) is 28.8 Å². The van der Waals surface area contributed by atoms with Crippen molar-refractivity contribution in [2.75, 3.05) is 13.3 Å². The van der Waals surface area contributed by atoms with Gasteiger partial charge in [0.05, 0.1) is 6.54 Å². The fraction of sp³-hybridized carbons (Fsp3) is 0.500. The van der Waals surface area contributed by atoms with E-state index in [1.165, 1.54) is 4.90 Å². The molecule has 0 N–H and O–H groups in total. The SMILES string of the molecule is O=C1CN(C2CCCC2)C(=O)N1Cc1cc2c(cc1Br)OCO2. The molecule has 23 heavy (non-hydrogen) atoms. The van der Waals surface area contributed by atoms with Crippen LogP contribution in [0.2, 0.25) is 0 Å². The van der Waals surface area contributed by atoms with Crippen molar-refractivity contribution in [3.63, 3.8) is 0 Å². The van der Waals surface area contributed by atoms with Crippen LogP contribution in [-0.2, 0) is 11.3 Å². The molecule has 2 aliphatic heterocycles. The molecule has 1 aliphatic carbocycles. The highest BCUT2D eigenvalue weighted by atomic mass is 79.9. The van der Waals surface area contributed by atoms with E-state index in [4.69, 9.17) is 9.47 Å². The molecule has 0 spiro atoms. The molecule has 1 saturated carbocycles. The number of amides is 3. The molecule has 1 aromatic carbocycles. The molecule has 3 aliphatic rings. The van der Waals surface area contributed by atoms with Gasteiger partial charge in [0.15, 0.2) is 11.5 Å². The van der Waals surface area contributed by atoms with Gasteiger partial charge in [0.1, 0.15) is 6.54 Å². The molecule has 1 saturated heterocycles. The first-order valence-corrected chi connectivity index (χ1v) is 8.62. The smallest absolute Gasteiger partial charge is 0.327 e. The van der Waals surface area contributed by atoms with Crippen molar-refractivity contribution in [1.29, 1.82) is 0 Å². The number of hydrogen-bond donors (Lipinski definition) is 0. The summed E-state index contributed by atoms with van der Waals surface area (Å²) in [6.45, 7) is 0.645. The maximum absolute atomic E-state index is 12.6. The lowest BCUT2D eigenvalue weighted by molar-refractivity contribution is -0.125. The van der Waals surface area contributed by atoms with Gasteiger partial charge in [0.2, 0.25) is 6.79 Å². The van der Waals surface area contributed by atoms with E-state index < -0.39 is 0 Å². The van der Waals surface area contributed by atoms with Gasteiger partial charge < -0.3 is 14.4 Å². The van der Waals surface area contributed by atoms with Gasteiger partial charge in [0, 0.05) is 10.5 Å². The summed E-state index contributed by atoms with van der Waals surface area (Å²) in [5.74, 6) is 1.19. The minimum Gasteiger partial charge on any atom is -0.454 e. The Morgan fingerprint density at radius 2 is 1.83 bits per heavy atom. The zero-order chi connectivity index (χ0) is 16.0. The quantitative estimate of drug-likeness (QED) is 0.756. The van der Waals surface area contributed by atoms with Gasteiger partial charge in [-0.3, -0.25) is 9.69 Å². The lowest BCUT2D eigenvalue weighted by Gasteiger charge is -2.23. The lowest BCUT2D eigenvalue weighted by Crippen LogP contribution is -2.37. The molecule has 0 unspecified atom stereocenters. The molecular formula is C16H17BrN2O4. The van der Waals surface area contributed by atoms with Crippen molar-refractivity contribution in [3.8, 4) is 11.5 Å². The van der Waals surface area contributed by atoms with E-state index in [2.05, 4.69) is 15.9 Å². The van der Waals surface area contributed by atoms with Crippen LogP contribution in [0.15, 0.2) is 16.6 Å². The zero-order valence-corrected chi connectivity index (χ0v) is 14.2. The number of halogens is 1. The predicted octanol–water partition coefficient (Wildman–Crippen LogP) is 2.88. The summed E-state index contributed by atoms with van der Waals surface area (Å²) in [7, 11) is 0. The first-order valence-electron chi connectivity index (χ1n) is 7.82. The number of ether oxygens (including phenoxy) is 2. The number of benzene rings is 1. The van der Waals surface area contributed by atoms with E-state index in [1.54, 1.807) is 4.90 Å². The molecule has 3 amide bonds. The van der Waals surface area contributed by atoms with E-state index >= 15 is 0 Å². The summed E-state index contributed by atoms with van der Waals surface area (Å²) in [5, 5.41) is 0. The molecule has 0 atom stereocenters. The van der Waals surface area contributed by atoms with Crippen LogP contribution in [0.25, 0.3) is 0 Å². The van der Waals surface area contributed by atoms with E-state index in [9.17, 15) is 9.59 Å². The van der Waals surface area contributed by atoms with Crippen LogP contribution < -0.4 is 9.47 Å². The maximum atomic E-state index is 12.6. The fourth-order valence-electron chi connectivity index (χ4n) is 3.47. The van der Waals surface area contributed by atoms with Gasteiger partial charge >= 0.3 is 6.03 Å². The number of rotatable bonds is 3. The molecule has 2 fully saturated rings. The van der Waals surface area contributed by atoms with Crippen LogP contribution in [0.3, 0.4) is 0 Å². The Balaban J connectivity index is 1.54. The third-order valence-corrected chi connectivity index (χ3v) is 5.46. The van der Waals surface area contributed by atoms with Gasteiger partial charge in [-0.05, 0) is 30.5 Å². The maximum Gasteiger partial charge on any atom is 0.327 e. The van der Waals surface area contributed by atoms with E-state index in [1.807, 2.05) is 12.1 Å². The monoisotopic (exact) mass is 380 g/mol. The van der Waals surface area contributed by atoms with Crippen LogP contribution in [0, 0.1) is 0 Å². The van der Waals surface area contributed by atoms with Crippen molar-refractivity contribution in [2.45, 2.75) is 38.3 Å². The Kier molecular flexibility index (Phi) is 3.67. The van der Waals surface area contributed by atoms with Gasteiger partial charge in [0.25, 0.3) is 5.91 Å². The van der Waals surface area contributed by atoms with Gasteiger partial charge in [-0.15, -0.1) is 0 Å². The highest BCUT2D eigenvalue weighted by Gasteiger charge is 2.40. The molecule has 7 heteroatoms. The average Bonchev–Trinajstić information content (AvgIpc) is 3.24. The molecule has 6 nitrogen and oxygen atoms in total. The summed E-state index contributed by atoms with van der Waals surface area (Å²) in [4.78, 5) is 28.0. The second kappa shape index (κ2) is 5.70. The van der Waals surface area contributed by atoms with Crippen LogP contribution in [0.5, 0.6) is 11.5 Å². The molecule has 4 rings (SSSR count). The number of hydrogen-bond acceptors (Lipinski definition) is 4. The summed E-state index contributed by atoms with van der Waals surface area (Å²) < 4.78 is 11.5. The van der Waals surface area contributed by atoms with Crippen molar-refractivity contribution < 1.29 is 19.1 Å². The zero-order valence-electron chi connectivity index (χ0n) is 12.6. The van der Waals surface area contributed by atoms with Gasteiger partial charge in [-0.25, -0.2) is 4.79 Å². The topological polar surface area (TPSA) is 59.1 Å². The Morgan fingerprint density at radius 1 is 1.13 bits per heavy atom. The third-order valence-electron chi connectivity index (χ3n) is 4.72. The van der Waals surface area contributed by atoms with Crippen LogP contribution >= 0.6 is 15.9 Å². The lowest BCUT2D eigenvalue weighted by atomic mass is 10.2. The Labute approximate surface area is 142 Å². The van der Waals surface area contributed by atoms with Crippen molar-refractivity contribution in [2.24, 2.45) is 0 Å². The van der Waals surface area contributed by atoms with Crippen LogP contribution in [0.4, 0.5) is 4.79 Å². The number of imide groups is 1. The second-order valence-electron chi connectivity index (χ2n) is 6.13. The van der Waals surface area contributed by atoms with Crippen molar-refractivity contribution in [1.82, 2.24) is 9.80 Å². The highest BCUT2D eigenvalue weighted by molar-refractivity contribution is 9.10. The first-order chi connectivity index (χ1) is 11.1. The van der Waals surface area contributed by atoms with E-state index in [-0.39, 0.29) is 37.9 Å². The van der Waals surface area contributed by atoms with Crippen LogP contribution in [-0.4, -0.2) is 41.1 Å². The molecule has 0 bridgehead atoms. The summed E-state index contributed by atoms with van der Waals surface area (Å²) in [6, 6.07) is 3.69. The Bertz CT molecular complexity index is 672. The van der Waals surface area contributed by atoms with Crippen molar-refractivity contribution in [3.05, 3.63) is 22.2 Å². The number of carbonyl (C=O) groups excluding carboxylic acids is 2. The molecule has 122 valence electrons. The summed E-state index contributed by atoms with van der Waals surface area (Å²) >= 11 is 3.48. The molecule has 0 aromatic heterocycles. The standard InChI is InChI=1S/C16H17BrN2O4/c17-12-6-14-13(22-9-23-14)5-10(12)7-19-15(20)8-18(16(19)21)11-3-1-2-4-11/h5-6,11H,1-4,7-9H2. The molecule has 2 heterocycles. The Morgan fingerprint density at radius 3 is 2.57 bits per heavy atom. The Hall–Kier alpha value is -1.76. The number of carbonyl (C=O) groups is 2. The number of fused-ring (bicyclic) bond motifs is 1. The molecule has 0 radical (unpaired) electrons. The molecule has 1 aromatic rings. The van der Waals surface area contributed by atoms with Gasteiger partial charge in [-0.2, -0.15) is 0 Å². The largest absolute Gasteiger partial charge is 0.454 e. The summed E-state index contributed by atoms with van der Waals surface area (Å²) in [5.41, 5.74) is 0.837. The third kappa shape index (κ3) is 2.56. The van der Waals surface area contributed by atoms with E-state index in [0.717, 1.165) is 35.7 Å². The number of nitrogens with zero attached hydrogens (tertiary/aromatic N) is 2. The number of urea groups is 1. The minimum atomic E-state index is -0.175.